The first-order valence-corrected chi connectivity index (χ1v) is 6.95. The molecule has 1 heterocycles. The van der Waals surface area contributed by atoms with Crippen molar-refractivity contribution in [3.63, 3.8) is 0 Å². The number of carbonyl (C=O) groups is 2. The van der Waals surface area contributed by atoms with E-state index in [0.29, 0.717) is 34.7 Å². The van der Waals surface area contributed by atoms with Gasteiger partial charge in [-0.05, 0) is 42.3 Å². The van der Waals surface area contributed by atoms with Crippen LogP contribution in [0.5, 0.6) is 0 Å². The number of hydrogen-bond donors (Lipinski definition) is 2. The van der Waals surface area contributed by atoms with E-state index >= 15 is 0 Å². The second-order valence-corrected chi connectivity index (χ2v) is 5.36. The zero-order chi connectivity index (χ0) is 15.0. The van der Waals surface area contributed by atoms with E-state index in [2.05, 4.69) is 5.32 Å². The number of amides is 1. The molecule has 0 saturated carbocycles. The normalized spacial score (nSPS) is 13.5. The third-order valence-electron chi connectivity index (χ3n) is 3.54. The fourth-order valence-corrected chi connectivity index (χ4v) is 2.72. The second kappa shape index (κ2) is 5.22. The molecule has 21 heavy (non-hydrogen) atoms. The number of fused-ring (bicyclic) bond motifs is 1. The average Bonchev–Trinajstić information content (AvgIpc) is 2.46. The van der Waals surface area contributed by atoms with Gasteiger partial charge < -0.3 is 11.1 Å². The zero-order valence-corrected chi connectivity index (χ0v) is 11.9. The number of aryl methyl sites for hydroxylation is 1. The van der Waals surface area contributed by atoms with Gasteiger partial charge >= 0.3 is 0 Å². The van der Waals surface area contributed by atoms with E-state index in [4.69, 9.17) is 17.3 Å². The lowest BCUT2D eigenvalue weighted by atomic mass is 9.96. The minimum atomic E-state index is -0.210. The van der Waals surface area contributed by atoms with Gasteiger partial charge in [-0.2, -0.15) is 0 Å². The molecule has 3 N–H and O–H groups in total. The Morgan fingerprint density at radius 3 is 2.76 bits per heavy atom. The van der Waals surface area contributed by atoms with Crippen molar-refractivity contribution in [1.82, 2.24) is 0 Å². The van der Waals surface area contributed by atoms with Crippen LogP contribution in [0.3, 0.4) is 0 Å². The molecule has 1 amide bonds. The molecule has 0 fully saturated rings. The smallest absolute Gasteiger partial charge is 0.224 e. The van der Waals surface area contributed by atoms with E-state index in [1.54, 1.807) is 36.4 Å². The first kappa shape index (κ1) is 13.6. The number of nitrogen functional groups attached to an aromatic ring is 1. The molecule has 3 rings (SSSR count). The number of carbonyl (C=O) groups excluding carboxylic acids is 2. The van der Waals surface area contributed by atoms with Crippen molar-refractivity contribution in [3.8, 4) is 0 Å². The van der Waals surface area contributed by atoms with Crippen LogP contribution in [-0.2, 0) is 11.2 Å². The van der Waals surface area contributed by atoms with Gasteiger partial charge in [0.25, 0.3) is 0 Å². The van der Waals surface area contributed by atoms with Crippen LogP contribution >= 0.6 is 11.6 Å². The maximum atomic E-state index is 12.6. The molecule has 0 aliphatic carbocycles. The Balaban J connectivity index is 2.01. The molecule has 0 aromatic heterocycles. The van der Waals surface area contributed by atoms with Crippen molar-refractivity contribution in [3.05, 3.63) is 58.1 Å². The Morgan fingerprint density at radius 1 is 1.19 bits per heavy atom. The van der Waals surface area contributed by atoms with Crippen molar-refractivity contribution < 1.29 is 9.59 Å². The van der Waals surface area contributed by atoms with Gasteiger partial charge in [0.1, 0.15) is 0 Å². The van der Waals surface area contributed by atoms with E-state index in [0.717, 1.165) is 11.3 Å². The maximum Gasteiger partial charge on any atom is 0.224 e. The van der Waals surface area contributed by atoms with Crippen LogP contribution in [0, 0.1) is 0 Å². The Morgan fingerprint density at radius 2 is 2.00 bits per heavy atom. The quantitative estimate of drug-likeness (QED) is 0.661. The summed E-state index contributed by atoms with van der Waals surface area (Å²) in [6, 6.07) is 10.2. The molecule has 2 aromatic carbocycles. The lowest BCUT2D eigenvalue weighted by molar-refractivity contribution is -0.116. The van der Waals surface area contributed by atoms with Crippen LogP contribution in [0.2, 0.25) is 5.02 Å². The Labute approximate surface area is 126 Å². The summed E-state index contributed by atoms with van der Waals surface area (Å²) in [4.78, 5) is 23.9. The summed E-state index contributed by atoms with van der Waals surface area (Å²) < 4.78 is 0. The predicted octanol–water partition coefficient (Wildman–Crippen LogP) is 3.04. The fourth-order valence-electron chi connectivity index (χ4n) is 2.45. The number of halogens is 1. The third-order valence-corrected chi connectivity index (χ3v) is 3.85. The highest BCUT2D eigenvalue weighted by molar-refractivity contribution is 6.35. The molecule has 4 nitrogen and oxygen atoms in total. The Bertz CT molecular complexity index is 736. The molecule has 0 unspecified atom stereocenters. The second-order valence-electron chi connectivity index (χ2n) is 4.95. The van der Waals surface area contributed by atoms with Crippen LogP contribution < -0.4 is 11.1 Å². The van der Waals surface area contributed by atoms with Gasteiger partial charge in [0.15, 0.2) is 5.78 Å². The van der Waals surface area contributed by atoms with Gasteiger partial charge in [-0.1, -0.05) is 17.7 Å². The predicted molar refractivity (Wildman–Crippen MR) is 82.7 cm³/mol. The van der Waals surface area contributed by atoms with Crippen molar-refractivity contribution in [1.29, 1.82) is 0 Å². The number of rotatable bonds is 2. The molecule has 0 bridgehead atoms. The average molecular weight is 301 g/mol. The van der Waals surface area contributed by atoms with Crippen molar-refractivity contribution >= 4 is 34.7 Å². The third kappa shape index (κ3) is 2.50. The minimum Gasteiger partial charge on any atom is -0.398 e. The lowest BCUT2D eigenvalue weighted by Crippen LogP contribution is -2.19. The van der Waals surface area contributed by atoms with Gasteiger partial charge in [-0.25, -0.2) is 0 Å². The summed E-state index contributed by atoms with van der Waals surface area (Å²) in [5.74, 6) is -0.213. The number of nitrogens with one attached hydrogen (secondary N) is 1. The minimum absolute atomic E-state index is 0.00285. The van der Waals surface area contributed by atoms with Crippen molar-refractivity contribution in [2.45, 2.75) is 12.8 Å². The van der Waals surface area contributed by atoms with Crippen molar-refractivity contribution in [2.75, 3.05) is 11.1 Å². The van der Waals surface area contributed by atoms with Crippen LogP contribution in [0.1, 0.15) is 27.9 Å². The summed E-state index contributed by atoms with van der Waals surface area (Å²) in [7, 11) is 0. The highest BCUT2D eigenvalue weighted by Gasteiger charge is 2.20. The first-order valence-electron chi connectivity index (χ1n) is 6.58. The maximum absolute atomic E-state index is 12.6. The number of ketones is 1. The molecule has 1 aliphatic rings. The molecule has 106 valence electrons. The highest BCUT2D eigenvalue weighted by Crippen LogP contribution is 2.28. The largest absolute Gasteiger partial charge is 0.398 e. The van der Waals surface area contributed by atoms with E-state index in [1.165, 1.54) is 0 Å². The number of nitrogens with two attached hydrogens (primary N) is 1. The van der Waals surface area contributed by atoms with Gasteiger partial charge in [0.2, 0.25) is 5.91 Å². The monoisotopic (exact) mass is 300 g/mol. The summed E-state index contributed by atoms with van der Waals surface area (Å²) >= 11 is 6.08. The van der Waals surface area contributed by atoms with E-state index in [1.807, 2.05) is 0 Å². The SMILES string of the molecule is Nc1cccc(Cl)c1C(=O)c1ccc2c(c1)CCC(=O)N2. The molecule has 0 radical (unpaired) electrons. The molecule has 2 aromatic rings. The Kier molecular flexibility index (Phi) is 3.39. The Hall–Kier alpha value is -2.33. The summed E-state index contributed by atoms with van der Waals surface area (Å²) in [6.45, 7) is 0. The molecular formula is C16H13ClN2O2. The zero-order valence-electron chi connectivity index (χ0n) is 11.2. The van der Waals surface area contributed by atoms with Gasteiger partial charge in [0.05, 0.1) is 10.6 Å². The van der Waals surface area contributed by atoms with E-state index in [9.17, 15) is 9.59 Å². The topological polar surface area (TPSA) is 72.2 Å². The molecular weight excluding hydrogens is 288 g/mol. The number of benzene rings is 2. The molecule has 0 spiro atoms. The van der Waals surface area contributed by atoms with E-state index < -0.39 is 0 Å². The van der Waals surface area contributed by atoms with Crippen LogP contribution in [0.4, 0.5) is 11.4 Å². The lowest BCUT2D eigenvalue weighted by Gasteiger charge is -2.17. The first-order chi connectivity index (χ1) is 10.1. The molecule has 0 saturated heterocycles. The summed E-state index contributed by atoms with van der Waals surface area (Å²) in [6.07, 6.45) is 1.05. The van der Waals surface area contributed by atoms with Gasteiger partial charge in [-0.3, -0.25) is 9.59 Å². The van der Waals surface area contributed by atoms with Crippen LogP contribution in [0.25, 0.3) is 0 Å². The molecule has 5 heteroatoms. The van der Waals surface area contributed by atoms with Gasteiger partial charge in [-0.15, -0.1) is 0 Å². The summed E-state index contributed by atoms with van der Waals surface area (Å²) in [5.41, 5.74) is 8.76. The number of hydrogen-bond acceptors (Lipinski definition) is 3. The van der Waals surface area contributed by atoms with Crippen LogP contribution in [-0.4, -0.2) is 11.7 Å². The summed E-state index contributed by atoms with van der Waals surface area (Å²) in [5, 5.41) is 3.13. The molecule has 1 aliphatic heterocycles. The standard InChI is InChI=1S/C16H13ClN2O2/c17-11-2-1-3-12(18)15(11)16(21)10-4-6-13-9(8-10)5-7-14(20)19-13/h1-4,6,8H,5,7,18H2,(H,19,20). The highest BCUT2D eigenvalue weighted by atomic mass is 35.5. The van der Waals surface area contributed by atoms with Crippen molar-refractivity contribution in [2.24, 2.45) is 0 Å². The molecule has 0 atom stereocenters. The van der Waals surface area contributed by atoms with Crippen LogP contribution in [0.15, 0.2) is 36.4 Å². The fraction of sp³-hybridized carbons (Fsp3) is 0.125. The van der Waals surface area contributed by atoms with Gasteiger partial charge in [0, 0.05) is 23.4 Å². The van der Waals surface area contributed by atoms with E-state index in [-0.39, 0.29) is 11.7 Å². The number of anilines is 2.